The van der Waals surface area contributed by atoms with Gasteiger partial charge in [0.25, 0.3) is 0 Å². The largest absolute Gasteiger partial charge is 0.375 e. The van der Waals surface area contributed by atoms with Crippen molar-refractivity contribution < 1.29 is 9.53 Å². The van der Waals surface area contributed by atoms with Gasteiger partial charge in [-0.1, -0.05) is 18.2 Å². The summed E-state index contributed by atoms with van der Waals surface area (Å²) < 4.78 is 5.60. The number of rotatable bonds is 2. The first-order valence-electron chi connectivity index (χ1n) is 8.15. The molecule has 1 aromatic carbocycles. The molecule has 1 fully saturated rings. The van der Waals surface area contributed by atoms with Gasteiger partial charge in [0.1, 0.15) is 0 Å². The highest BCUT2D eigenvalue weighted by Crippen LogP contribution is 2.23. The Bertz CT molecular complexity index is 526. The van der Waals surface area contributed by atoms with Crippen molar-refractivity contribution in [1.82, 2.24) is 4.90 Å². The van der Waals surface area contributed by atoms with Gasteiger partial charge in [-0.15, -0.1) is 0 Å². The number of carbonyl (C=O) groups is 1. The van der Waals surface area contributed by atoms with Gasteiger partial charge in [0.2, 0.25) is 5.91 Å². The number of benzene rings is 1. The Labute approximate surface area is 127 Å². The number of carbonyl (C=O) groups excluding carboxylic acids is 1. The number of amides is 1. The fourth-order valence-electron chi connectivity index (χ4n) is 3.42. The van der Waals surface area contributed by atoms with Gasteiger partial charge >= 0.3 is 0 Å². The summed E-state index contributed by atoms with van der Waals surface area (Å²) in [5.41, 5.74) is 4.09. The molecule has 2 aliphatic rings. The van der Waals surface area contributed by atoms with Crippen LogP contribution < -0.4 is 0 Å². The van der Waals surface area contributed by atoms with Crippen LogP contribution in [0.25, 0.3) is 0 Å². The lowest BCUT2D eigenvalue weighted by molar-refractivity contribution is -0.142. The number of aryl methyl sites for hydroxylation is 2. The van der Waals surface area contributed by atoms with E-state index in [0.717, 1.165) is 5.56 Å². The average molecular weight is 287 g/mol. The van der Waals surface area contributed by atoms with Crippen molar-refractivity contribution in [2.45, 2.75) is 58.1 Å². The van der Waals surface area contributed by atoms with Gasteiger partial charge in [-0.25, -0.2) is 0 Å². The fourth-order valence-corrected chi connectivity index (χ4v) is 3.42. The molecule has 0 aromatic heterocycles. The molecule has 3 nitrogen and oxygen atoms in total. The van der Waals surface area contributed by atoms with Crippen molar-refractivity contribution in [3.8, 4) is 0 Å². The van der Waals surface area contributed by atoms with E-state index in [1.54, 1.807) is 0 Å². The minimum absolute atomic E-state index is 0.147. The Kier molecular flexibility index (Phi) is 4.29. The summed E-state index contributed by atoms with van der Waals surface area (Å²) >= 11 is 0. The molecule has 0 saturated carbocycles. The summed E-state index contributed by atoms with van der Waals surface area (Å²) in [5, 5.41) is 0. The number of hydrogen-bond donors (Lipinski definition) is 0. The summed E-state index contributed by atoms with van der Waals surface area (Å²) in [6, 6.07) is 6.80. The number of ether oxygens (including phenoxy) is 1. The number of morpholine rings is 1. The SMILES string of the molecule is CC1CN(C(=O)Cc2ccc3c(c2)CCCC3)C(C)CO1. The van der Waals surface area contributed by atoms with Crippen LogP contribution in [-0.4, -0.2) is 36.1 Å². The molecule has 114 valence electrons. The summed E-state index contributed by atoms with van der Waals surface area (Å²) in [6.07, 6.45) is 5.61. The van der Waals surface area contributed by atoms with Gasteiger partial charge in [0.05, 0.1) is 25.2 Å². The topological polar surface area (TPSA) is 29.5 Å². The van der Waals surface area contributed by atoms with Crippen LogP contribution >= 0.6 is 0 Å². The zero-order valence-corrected chi connectivity index (χ0v) is 13.1. The molecule has 1 heterocycles. The van der Waals surface area contributed by atoms with E-state index in [2.05, 4.69) is 25.1 Å². The maximum atomic E-state index is 12.6. The van der Waals surface area contributed by atoms with Gasteiger partial charge in [0, 0.05) is 6.54 Å². The molecule has 3 rings (SSSR count). The van der Waals surface area contributed by atoms with E-state index in [0.29, 0.717) is 19.6 Å². The third kappa shape index (κ3) is 3.29. The Balaban J connectivity index is 1.69. The summed E-state index contributed by atoms with van der Waals surface area (Å²) in [6.45, 7) is 5.46. The molecule has 0 radical (unpaired) electrons. The third-order valence-electron chi connectivity index (χ3n) is 4.70. The van der Waals surface area contributed by atoms with Crippen molar-refractivity contribution in [3.63, 3.8) is 0 Å². The van der Waals surface area contributed by atoms with E-state index in [4.69, 9.17) is 4.74 Å². The van der Waals surface area contributed by atoms with Crippen LogP contribution in [-0.2, 0) is 28.8 Å². The summed E-state index contributed by atoms with van der Waals surface area (Å²) in [7, 11) is 0. The van der Waals surface area contributed by atoms with Crippen LogP contribution in [0.2, 0.25) is 0 Å². The summed E-state index contributed by atoms with van der Waals surface area (Å²) in [5.74, 6) is 0.230. The Morgan fingerprint density at radius 3 is 2.81 bits per heavy atom. The molecular weight excluding hydrogens is 262 g/mol. The smallest absolute Gasteiger partial charge is 0.227 e. The summed E-state index contributed by atoms with van der Waals surface area (Å²) in [4.78, 5) is 14.5. The van der Waals surface area contributed by atoms with E-state index in [1.165, 1.54) is 36.8 Å². The molecule has 0 bridgehead atoms. The minimum Gasteiger partial charge on any atom is -0.375 e. The fraction of sp³-hybridized carbons (Fsp3) is 0.611. The lowest BCUT2D eigenvalue weighted by atomic mass is 9.90. The van der Waals surface area contributed by atoms with Crippen LogP contribution in [0.5, 0.6) is 0 Å². The zero-order chi connectivity index (χ0) is 14.8. The molecule has 0 spiro atoms. The molecule has 1 aliphatic carbocycles. The molecule has 1 aliphatic heterocycles. The molecule has 21 heavy (non-hydrogen) atoms. The highest BCUT2D eigenvalue weighted by Gasteiger charge is 2.27. The monoisotopic (exact) mass is 287 g/mol. The molecular formula is C18H25NO2. The molecule has 3 heteroatoms. The van der Waals surface area contributed by atoms with Crippen molar-refractivity contribution in [3.05, 3.63) is 34.9 Å². The van der Waals surface area contributed by atoms with E-state index in [9.17, 15) is 4.79 Å². The van der Waals surface area contributed by atoms with Gasteiger partial charge in [0.15, 0.2) is 0 Å². The third-order valence-corrected chi connectivity index (χ3v) is 4.70. The van der Waals surface area contributed by atoms with E-state index in [1.807, 2.05) is 11.8 Å². The highest BCUT2D eigenvalue weighted by atomic mass is 16.5. The van der Waals surface area contributed by atoms with E-state index < -0.39 is 0 Å². The van der Waals surface area contributed by atoms with E-state index in [-0.39, 0.29) is 18.1 Å². The molecule has 1 amide bonds. The molecule has 1 aromatic rings. The first kappa shape index (κ1) is 14.6. The van der Waals surface area contributed by atoms with Crippen LogP contribution in [0.3, 0.4) is 0 Å². The minimum atomic E-state index is 0.147. The first-order valence-corrected chi connectivity index (χ1v) is 8.15. The maximum Gasteiger partial charge on any atom is 0.227 e. The lowest BCUT2D eigenvalue weighted by Gasteiger charge is -2.37. The quantitative estimate of drug-likeness (QED) is 0.837. The maximum absolute atomic E-state index is 12.6. The second-order valence-corrected chi connectivity index (χ2v) is 6.53. The van der Waals surface area contributed by atoms with E-state index >= 15 is 0 Å². The lowest BCUT2D eigenvalue weighted by Crippen LogP contribution is -2.50. The number of nitrogens with zero attached hydrogens (tertiary/aromatic N) is 1. The molecule has 1 saturated heterocycles. The predicted octanol–water partition coefficient (Wildman–Crippen LogP) is 2.74. The first-order chi connectivity index (χ1) is 10.1. The zero-order valence-electron chi connectivity index (χ0n) is 13.1. The number of fused-ring (bicyclic) bond motifs is 1. The molecule has 2 atom stereocenters. The number of hydrogen-bond acceptors (Lipinski definition) is 2. The van der Waals surface area contributed by atoms with Crippen molar-refractivity contribution in [2.75, 3.05) is 13.2 Å². The second-order valence-electron chi connectivity index (χ2n) is 6.53. The molecule has 0 N–H and O–H groups in total. The van der Waals surface area contributed by atoms with Gasteiger partial charge < -0.3 is 9.64 Å². The van der Waals surface area contributed by atoms with Gasteiger partial charge in [-0.2, -0.15) is 0 Å². The average Bonchev–Trinajstić information content (AvgIpc) is 2.49. The van der Waals surface area contributed by atoms with Gasteiger partial charge in [-0.3, -0.25) is 4.79 Å². The Morgan fingerprint density at radius 1 is 1.24 bits per heavy atom. The standard InChI is InChI=1S/C18H25NO2/c1-13-12-21-14(2)11-19(13)18(20)10-15-7-8-16-5-3-4-6-17(16)9-15/h7-9,13-14H,3-6,10-12H2,1-2H3. The van der Waals surface area contributed by atoms with Crippen molar-refractivity contribution in [1.29, 1.82) is 0 Å². The Morgan fingerprint density at radius 2 is 2.00 bits per heavy atom. The van der Waals surface area contributed by atoms with Gasteiger partial charge in [-0.05, 0) is 56.2 Å². The van der Waals surface area contributed by atoms with Crippen LogP contribution in [0, 0.1) is 0 Å². The van der Waals surface area contributed by atoms with Crippen LogP contribution in [0.15, 0.2) is 18.2 Å². The predicted molar refractivity (Wildman–Crippen MR) is 83.4 cm³/mol. The van der Waals surface area contributed by atoms with Crippen molar-refractivity contribution >= 4 is 5.91 Å². The second kappa shape index (κ2) is 6.18. The van der Waals surface area contributed by atoms with Crippen molar-refractivity contribution in [2.24, 2.45) is 0 Å². The van der Waals surface area contributed by atoms with Crippen LogP contribution in [0.4, 0.5) is 0 Å². The highest BCUT2D eigenvalue weighted by molar-refractivity contribution is 5.79. The van der Waals surface area contributed by atoms with Crippen LogP contribution in [0.1, 0.15) is 43.4 Å². The normalized spacial score (nSPS) is 25.5. The Hall–Kier alpha value is -1.35. The molecule has 2 unspecified atom stereocenters.